The van der Waals surface area contributed by atoms with E-state index in [1.165, 1.54) is 12.1 Å². The Hall–Kier alpha value is -5.50. The third-order valence-corrected chi connectivity index (χ3v) is 10.3. The highest BCUT2D eigenvalue weighted by molar-refractivity contribution is 6.11. The van der Waals surface area contributed by atoms with Crippen LogP contribution in [-0.2, 0) is 17.0 Å². The van der Waals surface area contributed by atoms with Gasteiger partial charge in [-0.1, -0.05) is 90.1 Å². The molecule has 0 aliphatic carbocycles. The van der Waals surface area contributed by atoms with E-state index >= 15 is 13.2 Å². The van der Waals surface area contributed by atoms with Gasteiger partial charge >= 0.3 is 6.18 Å². The van der Waals surface area contributed by atoms with Crippen molar-refractivity contribution in [3.63, 3.8) is 0 Å². The molecule has 2 aromatic heterocycles. The Morgan fingerprint density at radius 3 is 1.21 bits per heavy atom. The summed E-state index contributed by atoms with van der Waals surface area (Å²) < 4.78 is 95.3. The molecule has 0 fully saturated rings. The number of hydrogen-bond donors (Lipinski definition) is 0. The maximum Gasteiger partial charge on any atom is 0.420 e. The number of hydrogen-bond acceptors (Lipinski definition) is 0. The fourth-order valence-corrected chi connectivity index (χ4v) is 7.54. The van der Waals surface area contributed by atoms with Crippen LogP contribution < -0.4 is 0 Å². The number of alkyl halides is 3. The largest absolute Gasteiger partial charge is 0.420 e. The Bertz CT molecular complexity index is 2590. The van der Waals surface area contributed by atoms with Crippen LogP contribution in [0.15, 0.2) is 109 Å². The summed E-state index contributed by atoms with van der Waals surface area (Å²) >= 11 is 0. The molecular formula is C45H36F6N2. The van der Waals surface area contributed by atoms with Gasteiger partial charge in [0, 0.05) is 21.5 Å². The van der Waals surface area contributed by atoms with Gasteiger partial charge < -0.3 is 9.13 Å². The van der Waals surface area contributed by atoms with Gasteiger partial charge in [-0.25, -0.2) is 13.2 Å². The van der Waals surface area contributed by atoms with Crippen molar-refractivity contribution < 1.29 is 26.3 Å². The van der Waals surface area contributed by atoms with Crippen LogP contribution in [0.25, 0.3) is 66.1 Å². The average molecular weight is 719 g/mol. The predicted octanol–water partition coefficient (Wildman–Crippen LogP) is 13.6. The van der Waals surface area contributed by atoms with Gasteiger partial charge in [-0.05, 0) is 93.7 Å². The van der Waals surface area contributed by atoms with Crippen molar-refractivity contribution >= 4 is 43.6 Å². The van der Waals surface area contributed by atoms with Crippen LogP contribution in [0.1, 0.15) is 58.2 Å². The normalized spacial score (nSPS) is 12.9. The third-order valence-electron chi connectivity index (χ3n) is 10.3. The van der Waals surface area contributed by atoms with Gasteiger partial charge in [0.1, 0.15) is 5.56 Å². The second kappa shape index (κ2) is 11.8. The number of fused-ring (bicyclic) bond motifs is 6. The Morgan fingerprint density at radius 2 is 0.811 bits per heavy atom. The standard InChI is InChI=1S/C45H36F6N2/c1-43(2,3)27-15-17-37-31(23-27)29-11-7-9-13-35(29)52(37)39-21-26(25-19-33(46)42(48)34(47)20-25)22-40(41(39)45(49,50)51)53-36-14-10-8-12-30(36)32-24-28(44(4,5)6)16-18-38(32)53/h7-24H,1-6H3. The van der Waals surface area contributed by atoms with E-state index in [4.69, 9.17) is 0 Å². The average Bonchev–Trinajstić information content (AvgIpc) is 3.61. The first-order chi connectivity index (χ1) is 24.9. The van der Waals surface area contributed by atoms with E-state index in [0.29, 0.717) is 22.1 Å². The molecule has 0 N–H and O–H groups in total. The first-order valence-electron chi connectivity index (χ1n) is 17.4. The van der Waals surface area contributed by atoms with Gasteiger partial charge in [-0.2, -0.15) is 13.2 Å². The lowest BCUT2D eigenvalue weighted by Crippen LogP contribution is -2.16. The van der Waals surface area contributed by atoms with Crippen molar-refractivity contribution in [1.29, 1.82) is 0 Å². The van der Waals surface area contributed by atoms with Gasteiger partial charge in [-0.3, -0.25) is 0 Å². The minimum atomic E-state index is -4.91. The molecule has 268 valence electrons. The molecule has 0 amide bonds. The van der Waals surface area contributed by atoms with E-state index in [9.17, 15) is 13.2 Å². The molecule has 0 unspecified atom stereocenters. The molecule has 0 saturated carbocycles. The maximum absolute atomic E-state index is 16.1. The smallest absolute Gasteiger partial charge is 0.309 e. The topological polar surface area (TPSA) is 9.86 Å². The zero-order valence-corrected chi connectivity index (χ0v) is 30.1. The SMILES string of the molecule is CC(C)(C)c1ccc2c(c1)c1ccccc1n2-c1cc(-c2cc(F)c(F)c(F)c2)cc(-n2c3ccccc3c3cc(C(C)(C)C)ccc32)c1C(F)(F)F. The molecule has 0 spiro atoms. The molecule has 0 radical (unpaired) electrons. The van der Waals surface area contributed by atoms with E-state index in [1.54, 1.807) is 33.4 Å². The molecule has 0 bridgehead atoms. The Kier molecular flexibility index (Phi) is 7.67. The van der Waals surface area contributed by atoms with Crippen molar-refractivity contribution in [1.82, 2.24) is 9.13 Å². The van der Waals surface area contributed by atoms with E-state index in [-0.39, 0.29) is 33.3 Å². The Balaban J connectivity index is 1.58. The van der Waals surface area contributed by atoms with Gasteiger partial charge in [0.15, 0.2) is 17.5 Å². The molecule has 0 atom stereocenters. The van der Waals surface area contributed by atoms with Crippen LogP contribution in [0.2, 0.25) is 0 Å². The summed E-state index contributed by atoms with van der Waals surface area (Å²) in [6, 6.07) is 30.3. The molecule has 6 aromatic carbocycles. The Labute approximate surface area is 302 Å². The van der Waals surface area contributed by atoms with Gasteiger partial charge in [0.05, 0.1) is 33.4 Å². The number of halogens is 6. The molecule has 0 saturated heterocycles. The van der Waals surface area contributed by atoms with Crippen molar-refractivity contribution in [3.8, 4) is 22.5 Å². The quantitative estimate of drug-likeness (QED) is 0.127. The second-order valence-corrected chi connectivity index (χ2v) is 15.8. The summed E-state index contributed by atoms with van der Waals surface area (Å²) in [5.74, 6) is -4.54. The molecule has 8 aromatic rings. The van der Waals surface area contributed by atoms with Crippen LogP contribution in [0.5, 0.6) is 0 Å². The summed E-state index contributed by atoms with van der Waals surface area (Å²) in [6.07, 6.45) is -4.91. The highest BCUT2D eigenvalue weighted by Gasteiger charge is 2.40. The summed E-state index contributed by atoms with van der Waals surface area (Å²) in [4.78, 5) is 0. The number of para-hydroxylation sites is 2. The van der Waals surface area contributed by atoms with Crippen LogP contribution in [0, 0.1) is 17.5 Å². The number of aromatic nitrogens is 2. The Morgan fingerprint density at radius 1 is 0.434 bits per heavy atom. The zero-order valence-electron chi connectivity index (χ0n) is 30.1. The van der Waals surface area contributed by atoms with Crippen molar-refractivity contribution in [2.24, 2.45) is 0 Å². The lowest BCUT2D eigenvalue weighted by Gasteiger charge is -2.24. The molecule has 2 heterocycles. The van der Waals surface area contributed by atoms with Crippen LogP contribution in [0.3, 0.4) is 0 Å². The second-order valence-electron chi connectivity index (χ2n) is 15.8. The number of nitrogens with zero attached hydrogens (tertiary/aromatic N) is 2. The van der Waals surface area contributed by atoms with E-state index in [1.807, 2.05) is 60.7 Å². The summed E-state index contributed by atoms with van der Waals surface area (Å²) in [5.41, 5.74) is 2.22. The van der Waals surface area contributed by atoms with Crippen molar-refractivity contribution in [2.45, 2.75) is 58.5 Å². The van der Waals surface area contributed by atoms with Gasteiger partial charge in [0.25, 0.3) is 0 Å². The van der Waals surface area contributed by atoms with Crippen molar-refractivity contribution in [2.75, 3.05) is 0 Å². The van der Waals surface area contributed by atoms with E-state index in [2.05, 4.69) is 41.5 Å². The van der Waals surface area contributed by atoms with E-state index < -0.39 is 29.2 Å². The third kappa shape index (κ3) is 5.58. The fourth-order valence-electron chi connectivity index (χ4n) is 7.54. The minimum absolute atomic E-state index is 0.0790. The molecule has 53 heavy (non-hydrogen) atoms. The molecule has 0 aliphatic rings. The molecule has 8 rings (SSSR count). The molecule has 0 aliphatic heterocycles. The fraction of sp³-hybridized carbons (Fsp3) is 0.200. The summed E-state index contributed by atoms with van der Waals surface area (Å²) in [7, 11) is 0. The van der Waals surface area contributed by atoms with Crippen molar-refractivity contribution in [3.05, 3.63) is 143 Å². The number of benzene rings is 6. The predicted molar refractivity (Wildman–Crippen MR) is 203 cm³/mol. The molecule has 8 heteroatoms. The van der Waals surface area contributed by atoms with Gasteiger partial charge in [-0.15, -0.1) is 0 Å². The first-order valence-corrected chi connectivity index (χ1v) is 17.4. The molecular weight excluding hydrogens is 682 g/mol. The van der Waals surface area contributed by atoms with Crippen LogP contribution >= 0.6 is 0 Å². The lowest BCUT2D eigenvalue weighted by molar-refractivity contribution is -0.137. The summed E-state index contributed by atoms with van der Waals surface area (Å²) in [5, 5.41) is 3.02. The highest BCUT2D eigenvalue weighted by atomic mass is 19.4. The number of rotatable bonds is 3. The van der Waals surface area contributed by atoms with Crippen LogP contribution in [0.4, 0.5) is 26.3 Å². The molecule has 2 nitrogen and oxygen atoms in total. The highest BCUT2D eigenvalue weighted by Crippen LogP contribution is 2.47. The zero-order chi connectivity index (χ0) is 37.8. The maximum atomic E-state index is 16.1. The summed E-state index contributed by atoms with van der Waals surface area (Å²) in [6.45, 7) is 12.4. The monoisotopic (exact) mass is 718 g/mol. The van der Waals surface area contributed by atoms with Gasteiger partial charge in [0.2, 0.25) is 0 Å². The van der Waals surface area contributed by atoms with Crippen LogP contribution in [-0.4, -0.2) is 9.13 Å². The first kappa shape index (κ1) is 34.6. The minimum Gasteiger partial charge on any atom is -0.309 e. The van der Waals surface area contributed by atoms with E-state index in [0.717, 1.165) is 44.8 Å². The lowest BCUT2D eigenvalue weighted by atomic mass is 9.86.